The molecule has 8 heteroatoms. The molecule has 1 saturated heterocycles. The van der Waals surface area contributed by atoms with Gasteiger partial charge >= 0.3 is 0 Å². The van der Waals surface area contributed by atoms with Crippen molar-refractivity contribution in [1.82, 2.24) is 0 Å². The van der Waals surface area contributed by atoms with Gasteiger partial charge in [0.05, 0.1) is 18.5 Å². The number of benzene rings is 3. The minimum atomic E-state index is -0.555. The number of hydrogen-bond donors (Lipinski definition) is 0. The second-order valence-corrected chi connectivity index (χ2v) is 8.59. The van der Waals surface area contributed by atoms with Crippen LogP contribution in [0.3, 0.4) is 0 Å². The average molecular weight is 547 g/mol. The Bertz CT molecular complexity index is 1300. The molecular weight excluding hydrogens is 528 g/mol. The van der Waals surface area contributed by atoms with Gasteiger partial charge in [-0.2, -0.15) is 0 Å². The monoisotopic (exact) mass is 546 g/mol. The van der Waals surface area contributed by atoms with Crippen molar-refractivity contribution in [2.45, 2.75) is 0 Å². The molecular formula is C27H19BrN2O4S. The van der Waals surface area contributed by atoms with Crippen LogP contribution in [0.25, 0.3) is 6.08 Å². The summed E-state index contributed by atoms with van der Waals surface area (Å²) in [4.78, 5) is 30.1. The highest BCUT2D eigenvalue weighted by Crippen LogP contribution is 2.37. The summed E-state index contributed by atoms with van der Waals surface area (Å²) in [6, 6.07) is 21.3. The summed E-state index contributed by atoms with van der Waals surface area (Å²) in [5, 5.41) is 0.0604. The van der Waals surface area contributed by atoms with Crippen molar-refractivity contribution < 1.29 is 19.1 Å². The number of ether oxygens (including phenoxy) is 2. The summed E-state index contributed by atoms with van der Waals surface area (Å²) in [5.41, 5.74) is 1.42. The van der Waals surface area contributed by atoms with Crippen LogP contribution in [0.2, 0.25) is 0 Å². The molecule has 3 aromatic rings. The van der Waals surface area contributed by atoms with Gasteiger partial charge in [0.15, 0.2) is 16.6 Å². The molecule has 0 aromatic heterocycles. The molecule has 0 N–H and O–H groups in total. The number of para-hydroxylation sites is 2. The third-order valence-corrected chi connectivity index (χ3v) is 5.97. The largest absolute Gasteiger partial charge is 0.493 e. The van der Waals surface area contributed by atoms with Gasteiger partial charge in [0, 0.05) is 10.0 Å². The number of methoxy groups -OCH3 is 1. The van der Waals surface area contributed by atoms with Crippen molar-refractivity contribution >= 4 is 62.5 Å². The Morgan fingerprint density at radius 2 is 1.51 bits per heavy atom. The molecule has 1 aliphatic heterocycles. The van der Waals surface area contributed by atoms with Crippen LogP contribution in [0.15, 0.2) is 82.8 Å². The van der Waals surface area contributed by atoms with Gasteiger partial charge < -0.3 is 9.47 Å². The lowest BCUT2D eigenvalue weighted by Crippen LogP contribution is -2.56. The van der Waals surface area contributed by atoms with E-state index in [1.54, 1.807) is 60.7 Å². The normalized spacial score (nSPS) is 13.5. The third kappa shape index (κ3) is 4.83. The molecule has 0 bridgehead atoms. The second kappa shape index (κ2) is 10.6. The molecule has 1 aliphatic rings. The van der Waals surface area contributed by atoms with E-state index in [1.807, 2.05) is 12.1 Å². The SMILES string of the molecule is C#CCOc1c(C=C2C(=O)N(c3ccccc3)C(=S)N(c3ccccc3)C2=O)cc(Br)cc1OC. The van der Waals surface area contributed by atoms with E-state index >= 15 is 0 Å². The molecule has 2 amide bonds. The highest BCUT2D eigenvalue weighted by Gasteiger charge is 2.41. The lowest BCUT2D eigenvalue weighted by atomic mass is 10.0. The van der Waals surface area contributed by atoms with E-state index < -0.39 is 11.8 Å². The number of thiocarbonyl (C=S) groups is 1. The Hall–Kier alpha value is -3.93. The number of anilines is 2. The highest BCUT2D eigenvalue weighted by molar-refractivity contribution is 9.10. The van der Waals surface area contributed by atoms with Gasteiger partial charge in [-0.25, -0.2) is 0 Å². The topological polar surface area (TPSA) is 59.1 Å². The number of carbonyl (C=O) groups is 2. The standard InChI is InChI=1S/C27H19BrN2O4S/c1-3-14-34-24-18(15-19(28)17-23(24)33-2)16-22-25(31)29(20-10-6-4-7-11-20)27(35)30(26(22)32)21-12-8-5-9-13-21/h1,4-13,15-17H,14H2,2H3. The first-order chi connectivity index (χ1) is 17.0. The lowest BCUT2D eigenvalue weighted by molar-refractivity contribution is -0.120. The molecule has 0 unspecified atom stereocenters. The number of nitrogens with zero attached hydrogens (tertiary/aromatic N) is 2. The zero-order valence-electron chi connectivity index (χ0n) is 18.6. The van der Waals surface area contributed by atoms with Crippen molar-refractivity contribution in [2.75, 3.05) is 23.5 Å². The molecule has 3 aromatic carbocycles. The quantitative estimate of drug-likeness (QED) is 0.183. The number of halogens is 1. The van der Waals surface area contributed by atoms with Gasteiger partial charge in [-0.15, -0.1) is 6.42 Å². The summed E-state index contributed by atoms with van der Waals surface area (Å²) >= 11 is 9.08. The van der Waals surface area contributed by atoms with Crippen LogP contribution in [0.1, 0.15) is 5.56 Å². The highest BCUT2D eigenvalue weighted by atomic mass is 79.9. The Balaban J connectivity index is 1.92. The van der Waals surface area contributed by atoms with Crippen molar-refractivity contribution in [2.24, 2.45) is 0 Å². The molecule has 0 radical (unpaired) electrons. The van der Waals surface area contributed by atoms with Gasteiger partial charge in [0.25, 0.3) is 11.8 Å². The van der Waals surface area contributed by atoms with E-state index in [0.717, 1.165) is 0 Å². The first kappa shape index (κ1) is 24.2. The fourth-order valence-electron chi connectivity index (χ4n) is 3.61. The minimum absolute atomic E-state index is 0.0214. The van der Waals surface area contributed by atoms with E-state index in [0.29, 0.717) is 32.9 Å². The summed E-state index contributed by atoms with van der Waals surface area (Å²) in [7, 11) is 1.49. The minimum Gasteiger partial charge on any atom is -0.493 e. The average Bonchev–Trinajstić information content (AvgIpc) is 2.87. The smallest absolute Gasteiger partial charge is 0.270 e. The predicted molar refractivity (Wildman–Crippen MR) is 143 cm³/mol. The van der Waals surface area contributed by atoms with Crippen LogP contribution in [0.5, 0.6) is 11.5 Å². The fourth-order valence-corrected chi connectivity index (χ4v) is 4.44. The maximum atomic E-state index is 13.7. The number of rotatable bonds is 6. The summed E-state index contributed by atoms with van der Waals surface area (Å²) < 4.78 is 11.8. The maximum Gasteiger partial charge on any atom is 0.270 e. The number of terminal acetylenes is 1. The maximum absolute atomic E-state index is 13.7. The summed E-state index contributed by atoms with van der Waals surface area (Å²) in [6.07, 6.45) is 6.85. The molecule has 0 aliphatic carbocycles. The van der Waals surface area contributed by atoms with Crippen LogP contribution in [0, 0.1) is 12.3 Å². The van der Waals surface area contributed by atoms with E-state index in [2.05, 4.69) is 21.9 Å². The Morgan fingerprint density at radius 1 is 0.971 bits per heavy atom. The second-order valence-electron chi connectivity index (χ2n) is 7.31. The van der Waals surface area contributed by atoms with Gasteiger partial charge in [0.2, 0.25) is 0 Å². The van der Waals surface area contributed by atoms with Gasteiger partial charge in [0.1, 0.15) is 12.2 Å². The number of hydrogen-bond acceptors (Lipinski definition) is 5. The first-order valence-electron chi connectivity index (χ1n) is 10.4. The Morgan fingerprint density at radius 3 is 2.00 bits per heavy atom. The van der Waals surface area contributed by atoms with E-state index in [9.17, 15) is 9.59 Å². The van der Waals surface area contributed by atoms with E-state index in [-0.39, 0.29) is 17.3 Å². The molecule has 0 atom stereocenters. The molecule has 4 rings (SSSR count). The number of carbonyl (C=O) groups excluding carboxylic acids is 2. The zero-order valence-corrected chi connectivity index (χ0v) is 21.0. The van der Waals surface area contributed by atoms with Crippen LogP contribution >= 0.6 is 28.1 Å². The van der Waals surface area contributed by atoms with Crippen LogP contribution < -0.4 is 19.3 Å². The molecule has 174 valence electrons. The molecule has 0 saturated carbocycles. The van der Waals surface area contributed by atoms with Crippen molar-refractivity contribution in [3.05, 3.63) is 88.4 Å². The zero-order chi connectivity index (χ0) is 24.9. The molecule has 0 spiro atoms. The van der Waals surface area contributed by atoms with Crippen LogP contribution in [-0.4, -0.2) is 30.6 Å². The first-order valence-corrected chi connectivity index (χ1v) is 11.6. The summed E-state index contributed by atoms with van der Waals surface area (Å²) in [6.45, 7) is -0.0214. The third-order valence-electron chi connectivity index (χ3n) is 5.15. The van der Waals surface area contributed by atoms with Gasteiger partial charge in [-0.3, -0.25) is 19.4 Å². The fraction of sp³-hybridized carbons (Fsp3) is 0.0741. The van der Waals surface area contributed by atoms with Crippen LogP contribution in [0.4, 0.5) is 11.4 Å². The lowest BCUT2D eigenvalue weighted by Gasteiger charge is -2.36. The predicted octanol–water partition coefficient (Wildman–Crippen LogP) is 5.22. The molecule has 1 heterocycles. The van der Waals surface area contributed by atoms with Gasteiger partial charge in [-0.1, -0.05) is 58.2 Å². The van der Waals surface area contributed by atoms with Gasteiger partial charge in [-0.05, 0) is 54.7 Å². The van der Waals surface area contributed by atoms with E-state index in [4.69, 9.17) is 28.1 Å². The van der Waals surface area contributed by atoms with E-state index in [1.165, 1.54) is 23.0 Å². The van der Waals surface area contributed by atoms with Crippen molar-refractivity contribution in [3.63, 3.8) is 0 Å². The Kier molecular flexibility index (Phi) is 7.30. The summed E-state index contributed by atoms with van der Waals surface area (Å²) in [5.74, 6) is 2.01. The molecule has 35 heavy (non-hydrogen) atoms. The molecule has 1 fully saturated rings. The Labute approximate surface area is 216 Å². The van der Waals surface area contributed by atoms with Crippen molar-refractivity contribution in [3.8, 4) is 23.8 Å². The van der Waals surface area contributed by atoms with Crippen LogP contribution in [-0.2, 0) is 9.59 Å². The van der Waals surface area contributed by atoms with Crippen molar-refractivity contribution in [1.29, 1.82) is 0 Å². The molecule has 6 nitrogen and oxygen atoms in total. The number of amides is 2.